The minimum absolute atomic E-state index is 0.00844. The molecule has 2 aliphatic heterocycles. The van der Waals surface area contributed by atoms with Crippen molar-refractivity contribution in [2.75, 3.05) is 43.5 Å². The first-order chi connectivity index (χ1) is 30.0. The molecule has 20 heteroatoms. The molecule has 5 N–H and O–H groups in total. The molecule has 2 aliphatic rings. The number of carbonyl (C=O) groups is 5. The number of hydrogen-bond acceptors (Lipinski definition) is 10. The Hall–Kier alpha value is -6.37. The van der Waals surface area contributed by atoms with E-state index < -0.39 is 59.3 Å². The average molecular weight is 910 g/mol. The SMILES string of the molecule is COC(=O)N[C@H](C(=O)N1C[C@@H](C(N)=O)C[C@H]1c1nc(-c2ccc(-c3cc(Cl)c(NC(=O)c4ccc(N5CCN(C(=O)C(C)(C)C)C[C@H]5C)nc4)cc3OC(F)(F)F)cc2)c[nH]1)C(C)C. The van der Waals surface area contributed by atoms with E-state index in [1.54, 1.807) is 56.4 Å². The summed E-state index contributed by atoms with van der Waals surface area (Å²) in [5.74, 6) is -2.31. The summed E-state index contributed by atoms with van der Waals surface area (Å²) in [4.78, 5) is 81.8. The lowest BCUT2D eigenvalue weighted by Gasteiger charge is -2.42. The topological polar surface area (TPSA) is 205 Å². The highest BCUT2D eigenvalue weighted by molar-refractivity contribution is 6.34. The Bertz CT molecular complexity index is 2390. The molecular weight excluding hydrogens is 859 g/mol. The molecule has 4 atom stereocenters. The summed E-state index contributed by atoms with van der Waals surface area (Å²) in [5, 5.41) is 5.06. The van der Waals surface area contributed by atoms with E-state index >= 15 is 0 Å². The third-order valence-corrected chi connectivity index (χ3v) is 11.5. The molecule has 0 aliphatic carbocycles. The number of carbonyl (C=O) groups excluding carboxylic acids is 5. The summed E-state index contributed by atoms with van der Waals surface area (Å²) in [6.45, 7) is 12.7. The number of alkyl carbamates (subject to hydrolysis) is 1. The first kappa shape index (κ1) is 47.1. The average Bonchev–Trinajstić information content (AvgIpc) is 3.91. The van der Waals surface area contributed by atoms with Gasteiger partial charge in [0.15, 0.2) is 0 Å². The van der Waals surface area contributed by atoms with Gasteiger partial charge < -0.3 is 45.5 Å². The van der Waals surface area contributed by atoms with E-state index in [1.165, 1.54) is 24.3 Å². The number of piperazine rings is 1. The van der Waals surface area contributed by atoms with Crippen molar-refractivity contribution in [2.45, 2.75) is 72.5 Å². The van der Waals surface area contributed by atoms with Crippen LogP contribution in [0.15, 0.2) is 60.9 Å². The number of nitrogens with two attached hydrogens (primary N) is 1. The Labute approximate surface area is 373 Å². The number of ether oxygens (including phenoxy) is 2. The Morgan fingerprint density at radius 3 is 2.25 bits per heavy atom. The smallest absolute Gasteiger partial charge is 0.453 e. The second kappa shape index (κ2) is 18.8. The third-order valence-electron chi connectivity index (χ3n) is 11.2. The molecule has 6 rings (SSSR count). The lowest BCUT2D eigenvalue weighted by atomic mass is 9.94. The van der Waals surface area contributed by atoms with Crippen LogP contribution in [0.3, 0.4) is 0 Å². The molecule has 342 valence electrons. The molecule has 2 aromatic heterocycles. The Kier molecular flexibility index (Phi) is 13.8. The zero-order valence-electron chi connectivity index (χ0n) is 36.4. The van der Waals surface area contributed by atoms with Crippen LogP contribution in [0.2, 0.25) is 5.02 Å². The van der Waals surface area contributed by atoms with Gasteiger partial charge in [-0.15, -0.1) is 13.2 Å². The Balaban J connectivity index is 1.18. The summed E-state index contributed by atoms with van der Waals surface area (Å²) >= 11 is 6.58. The molecular formula is C44H51ClF3N9O7. The van der Waals surface area contributed by atoms with Gasteiger partial charge in [-0.25, -0.2) is 14.8 Å². The number of benzene rings is 2. The molecule has 2 fully saturated rings. The Morgan fingerprint density at radius 2 is 1.67 bits per heavy atom. The number of anilines is 2. The zero-order chi connectivity index (χ0) is 46.8. The van der Waals surface area contributed by atoms with Gasteiger partial charge in [0.25, 0.3) is 5.91 Å². The van der Waals surface area contributed by atoms with Crippen LogP contribution in [0.5, 0.6) is 5.75 Å². The van der Waals surface area contributed by atoms with Gasteiger partial charge in [0.2, 0.25) is 17.7 Å². The zero-order valence-corrected chi connectivity index (χ0v) is 37.1. The Morgan fingerprint density at radius 1 is 0.984 bits per heavy atom. The van der Waals surface area contributed by atoms with Crippen LogP contribution in [-0.4, -0.2) is 106 Å². The molecule has 4 aromatic rings. The fourth-order valence-corrected chi connectivity index (χ4v) is 8.04. The van der Waals surface area contributed by atoms with Gasteiger partial charge in [-0.05, 0) is 43.0 Å². The lowest BCUT2D eigenvalue weighted by molar-refractivity contribution is -0.274. The van der Waals surface area contributed by atoms with Crippen LogP contribution in [0, 0.1) is 17.3 Å². The van der Waals surface area contributed by atoms with E-state index in [9.17, 15) is 37.1 Å². The van der Waals surface area contributed by atoms with E-state index in [0.29, 0.717) is 48.1 Å². The molecule has 64 heavy (non-hydrogen) atoms. The van der Waals surface area contributed by atoms with Gasteiger partial charge in [-0.3, -0.25) is 19.2 Å². The lowest BCUT2D eigenvalue weighted by Crippen LogP contribution is -2.56. The molecule has 0 saturated carbocycles. The van der Waals surface area contributed by atoms with Crippen molar-refractivity contribution in [3.63, 3.8) is 0 Å². The molecule has 0 spiro atoms. The highest BCUT2D eigenvalue weighted by atomic mass is 35.5. The third kappa shape index (κ3) is 10.7. The maximum atomic E-state index is 13.8. The van der Waals surface area contributed by atoms with Crippen LogP contribution >= 0.6 is 11.6 Å². The first-order valence-electron chi connectivity index (χ1n) is 20.6. The number of imidazole rings is 1. The minimum atomic E-state index is -5.09. The molecule has 0 unspecified atom stereocenters. The van der Waals surface area contributed by atoms with E-state index in [1.807, 2.05) is 37.5 Å². The highest BCUT2D eigenvalue weighted by Crippen LogP contribution is 2.41. The molecule has 16 nitrogen and oxygen atoms in total. The standard InChI is InChI=1S/C44H51ClF3N9O7/c1-23(2)36(54-42(62)63-7)40(60)57-22-28(37(49)58)16-33(57)38-51-20-32(52-38)26-10-8-25(9-11-26)29-17-30(45)31(18-34(29)64-44(46,47)48)53-39(59)27-12-13-35(50-19-27)56-15-14-55(21-24(56)3)41(61)43(4,5)6/h8-13,17-20,23-24,28,33,36H,14-16,21-22H2,1-7H3,(H2,49,58)(H,51,52)(H,53,59)(H,54,62)/t24-,28+,33+,36+/m1/s1. The van der Waals surface area contributed by atoms with Crippen molar-refractivity contribution in [2.24, 2.45) is 23.0 Å². The summed E-state index contributed by atoms with van der Waals surface area (Å²) < 4.78 is 50.5. The van der Waals surface area contributed by atoms with Crippen molar-refractivity contribution in [3.05, 3.63) is 77.3 Å². The molecule has 2 saturated heterocycles. The predicted molar refractivity (Wildman–Crippen MR) is 232 cm³/mol. The van der Waals surface area contributed by atoms with Gasteiger partial charge in [0.05, 0.1) is 41.0 Å². The number of aromatic nitrogens is 3. The summed E-state index contributed by atoms with van der Waals surface area (Å²) in [7, 11) is 1.18. The number of aromatic amines is 1. The number of nitrogens with one attached hydrogen (secondary N) is 3. The van der Waals surface area contributed by atoms with Crippen molar-refractivity contribution in [1.82, 2.24) is 30.1 Å². The monoisotopic (exact) mass is 909 g/mol. The largest absolute Gasteiger partial charge is 0.573 e. The van der Waals surface area contributed by atoms with Crippen LogP contribution < -0.4 is 26.0 Å². The fraction of sp³-hybridized carbons (Fsp3) is 0.432. The van der Waals surface area contributed by atoms with E-state index in [0.717, 1.165) is 6.07 Å². The number of halogens is 4. The van der Waals surface area contributed by atoms with Crippen molar-refractivity contribution < 1.29 is 46.6 Å². The predicted octanol–water partition coefficient (Wildman–Crippen LogP) is 6.78. The number of H-pyrrole nitrogens is 1. The van der Waals surface area contributed by atoms with Crippen LogP contribution in [0.25, 0.3) is 22.4 Å². The number of methoxy groups -OCH3 is 1. The number of alkyl halides is 3. The van der Waals surface area contributed by atoms with E-state index in [4.69, 9.17) is 27.1 Å². The van der Waals surface area contributed by atoms with Gasteiger partial charge >= 0.3 is 12.5 Å². The van der Waals surface area contributed by atoms with E-state index in [2.05, 4.69) is 25.3 Å². The quantitative estimate of drug-likeness (QED) is 0.124. The second-order valence-corrected chi connectivity index (χ2v) is 17.6. The van der Waals surface area contributed by atoms with Crippen molar-refractivity contribution in [1.29, 1.82) is 0 Å². The molecule has 0 bridgehead atoms. The number of rotatable bonds is 11. The number of nitrogens with zero attached hydrogens (tertiary/aromatic N) is 5. The number of likely N-dealkylation sites (tertiary alicyclic amines) is 1. The van der Waals surface area contributed by atoms with E-state index in [-0.39, 0.29) is 52.7 Å². The second-order valence-electron chi connectivity index (χ2n) is 17.2. The van der Waals surface area contributed by atoms with Gasteiger partial charge in [-0.1, -0.05) is 70.5 Å². The molecule has 0 radical (unpaired) electrons. The minimum Gasteiger partial charge on any atom is -0.453 e. The fourth-order valence-electron chi connectivity index (χ4n) is 7.82. The van der Waals surface area contributed by atoms with Gasteiger partial charge in [0.1, 0.15) is 23.4 Å². The molecule has 5 amide bonds. The summed E-state index contributed by atoms with van der Waals surface area (Å²) in [6.07, 6.45) is -2.75. The first-order valence-corrected chi connectivity index (χ1v) is 21.0. The maximum Gasteiger partial charge on any atom is 0.573 e. The van der Waals surface area contributed by atoms with Crippen molar-refractivity contribution >= 4 is 52.8 Å². The maximum absolute atomic E-state index is 13.8. The van der Waals surface area contributed by atoms with Gasteiger partial charge in [-0.2, -0.15) is 0 Å². The molecule has 2 aromatic carbocycles. The number of amides is 5. The summed E-state index contributed by atoms with van der Waals surface area (Å²) in [6, 6.07) is 10.1. The number of primary amides is 1. The van der Waals surface area contributed by atoms with Crippen LogP contribution in [-0.2, 0) is 19.1 Å². The number of pyridine rings is 1. The summed E-state index contributed by atoms with van der Waals surface area (Å²) in [5.41, 5.74) is 6.40. The number of hydrogen-bond donors (Lipinski definition) is 4. The van der Waals surface area contributed by atoms with Gasteiger partial charge in [0, 0.05) is 67.2 Å². The van der Waals surface area contributed by atoms with Crippen LogP contribution in [0.4, 0.5) is 29.5 Å². The molecule has 4 heterocycles. The normalized spacial score (nSPS) is 18.4. The van der Waals surface area contributed by atoms with Crippen LogP contribution in [0.1, 0.15) is 70.2 Å². The highest BCUT2D eigenvalue weighted by Gasteiger charge is 2.43. The van der Waals surface area contributed by atoms with Crippen molar-refractivity contribution in [3.8, 4) is 28.1 Å².